The smallest absolute Gasteiger partial charge is 0.0284 e. The van der Waals surface area contributed by atoms with Crippen molar-refractivity contribution in [2.24, 2.45) is 0 Å². The van der Waals surface area contributed by atoms with E-state index in [0.717, 1.165) is 23.6 Å². The Hall–Kier alpha value is -1.05. The van der Waals surface area contributed by atoms with E-state index < -0.39 is 0 Å². The molecule has 0 radical (unpaired) electrons. The third-order valence-corrected chi connectivity index (χ3v) is 4.16. The Morgan fingerprint density at radius 2 is 1.95 bits per heavy atom. The van der Waals surface area contributed by atoms with Gasteiger partial charge in [0, 0.05) is 23.7 Å². The van der Waals surface area contributed by atoms with Gasteiger partial charge in [0.05, 0.1) is 0 Å². The van der Waals surface area contributed by atoms with Crippen molar-refractivity contribution in [2.45, 2.75) is 46.2 Å². The van der Waals surface area contributed by atoms with Gasteiger partial charge in [0.1, 0.15) is 0 Å². The van der Waals surface area contributed by atoms with Gasteiger partial charge in [0.25, 0.3) is 0 Å². The Labute approximate surface area is 127 Å². The van der Waals surface area contributed by atoms with Gasteiger partial charge in [-0.1, -0.05) is 37.2 Å². The van der Waals surface area contributed by atoms with E-state index in [1.165, 1.54) is 23.2 Å². The number of nitrogens with zero attached hydrogens (tertiary/aromatic N) is 1. The van der Waals surface area contributed by atoms with E-state index >= 15 is 0 Å². The summed E-state index contributed by atoms with van der Waals surface area (Å²) in [5.41, 5.74) is 5.51. The summed E-state index contributed by atoms with van der Waals surface area (Å²) in [5, 5.41) is 0.801. The maximum Gasteiger partial charge on any atom is 0.0284 e. The lowest BCUT2D eigenvalue weighted by atomic mass is 9.96. The number of benzene rings is 1. The molecule has 1 fully saturated rings. The first-order valence-electron chi connectivity index (χ1n) is 7.24. The van der Waals surface area contributed by atoms with E-state index in [2.05, 4.69) is 44.4 Å². The van der Waals surface area contributed by atoms with Crippen LogP contribution in [0.4, 0.5) is 0 Å². The molecule has 0 aliphatic carbocycles. The van der Waals surface area contributed by atoms with Gasteiger partial charge >= 0.3 is 0 Å². The van der Waals surface area contributed by atoms with E-state index in [1.807, 2.05) is 19.1 Å². The van der Waals surface area contributed by atoms with Gasteiger partial charge < -0.3 is 0 Å². The number of hydrogen-bond donors (Lipinski definition) is 0. The monoisotopic (exact) mass is 289 g/mol. The molecule has 2 heteroatoms. The Kier molecular flexibility index (Phi) is 4.41. The first-order valence-corrected chi connectivity index (χ1v) is 7.62. The molecule has 1 aliphatic heterocycles. The van der Waals surface area contributed by atoms with Crippen LogP contribution in [0.2, 0.25) is 0 Å². The van der Waals surface area contributed by atoms with Gasteiger partial charge in [-0.15, -0.1) is 0 Å². The molecule has 108 valence electrons. The van der Waals surface area contributed by atoms with E-state index in [1.54, 1.807) is 0 Å². The molecule has 0 saturated carbocycles. The zero-order valence-electron chi connectivity index (χ0n) is 13.0. The fraction of sp³-hybridized carbons (Fsp3) is 0.444. The number of rotatable bonds is 5. The van der Waals surface area contributed by atoms with Gasteiger partial charge in [-0.25, -0.2) is 0 Å². The largest absolute Gasteiger partial charge is 0.291 e. The topological polar surface area (TPSA) is 3.01 Å². The minimum Gasteiger partial charge on any atom is -0.291 e. The van der Waals surface area contributed by atoms with Crippen molar-refractivity contribution in [3.05, 3.63) is 46.0 Å². The second-order valence-electron chi connectivity index (χ2n) is 6.21. The Morgan fingerprint density at radius 3 is 2.40 bits per heavy atom. The van der Waals surface area contributed by atoms with Gasteiger partial charge in [-0.2, -0.15) is 0 Å². The predicted molar refractivity (Wildman–Crippen MR) is 89.9 cm³/mol. The molecule has 0 spiro atoms. The van der Waals surface area contributed by atoms with Gasteiger partial charge in [-0.05, 0) is 61.6 Å². The normalized spacial score (nSPS) is 20.9. The molecule has 20 heavy (non-hydrogen) atoms. The number of allylic oxidation sites excluding steroid dienone is 1. The van der Waals surface area contributed by atoms with Crippen LogP contribution >= 0.6 is 11.6 Å². The molecule has 1 saturated heterocycles. The van der Waals surface area contributed by atoms with Crippen LogP contribution in [0, 0.1) is 0 Å². The molecule has 1 nitrogen and oxygen atoms in total. The lowest BCUT2D eigenvalue weighted by molar-refractivity contribution is 0.440. The molecule has 1 atom stereocenters. The average Bonchev–Trinajstić information content (AvgIpc) is 2.96. The minimum absolute atomic E-state index is 0.362. The minimum atomic E-state index is 0.362. The van der Waals surface area contributed by atoms with Crippen molar-refractivity contribution >= 4 is 23.8 Å². The molecule has 1 aromatic rings. The molecule has 0 amide bonds. The van der Waals surface area contributed by atoms with E-state index in [4.69, 9.17) is 11.6 Å². The van der Waals surface area contributed by atoms with E-state index in [0.29, 0.717) is 5.54 Å². The number of hydrogen-bond acceptors (Lipinski definition) is 1. The second kappa shape index (κ2) is 5.75. The standard InChI is InChI=1S/C18H24ClN/c1-6-14-9-15(7-2)17(10-16(14)8-13(3)19)11-20-12-18(20,4)5/h6,8-10H,1,7,11-12H2,2-5H3/b13-8+. The Morgan fingerprint density at radius 1 is 1.35 bits per heavy atom. The third-order valence-electron chi connectivity index (χ3n) is 4.05. The fourth-order valence-electron chi connectivity index (χ4n) is 2.63. The summed E-state index contributed by atoms with van der Waals surface area (Å²) in [7, 11) is 0. The Bertz CT molecular complexity index is 551. The molecular formula is C18H24ClN. The average molecular weight is 290 g/mol. The number of aryl methyl sites for hydroxylation is 1. The fourth-order valence-corrected chi connectivity index (χ4v) is 2.74. The van der Waals surface area contributed by atoms with Crippen LogP contribution in [0.3, 0.4) is 0 Å². The lowest BCUT2D eigenvalue weighted by Crippen LogP contribution is -2.10. The maximum atomic E-state index is 6.05. The van der Waals surface area contributed by atoms with Crippen molar-refractivity contribution in [3.63, 3.8) is 0 Å². The zero-order valence-corrected chi connectivity index (χ0v) is 13.7. The van der Waals surface area contributed by atoms with Crippen LogP contribution in [0.15, 0.2) is 23.7 Å². The van der Waals surface area contributed by atoms with Crippen molar-refractivity contribution in [2.75, 3.05) is 6.54 Å². The van der Waals surface area contributed by atoms with Crippen LogP contribution in [0.5, 0.6) is 0 Å². The van der Waals surface area contributed by atoms with Crippen molar-refractivity contribution in [1.82, 2.24) is 4.90 Å². The van der Waals surface area contributed by atoms with Crippen LogP contribution in [-0.4, -0.2) is 17.0 Å². The maximum absolute atomic E-state index is 6.05. The van der Waals surface area contributed by atoms with E-state index in [-0.39, 0.29) is 0 Å². The Balaban J connectivity index is 2.39. The first-order chi connectivity index (χ1) is 9.37. The molecule has 2 rings (SSSR count). The highest BCUT2D eigenvalue weighted by atomic mass is 35.5. The van der Waals surface area contributed by atoms with E-state index in [9.17, 15) is 0 Å². The molecule has 0 aromatic heterocycles. The lowest BCUT2D eigenvalue weighted by Gasteiger charge is -2.14. The summed E-state index contributed by atoms with van der Waals surface area (Å²) in [5.74, 6) is 0. The molecule has 0 bridgehead atoms. The summed E-state index contributed by atoms with van der Waals surface area (Å²) in [6.45, 7) is 14.8. The molecular weight excluding hydrogens is 266 g/mol. The first kappa shape index (κ1) is 15.3. The molecule has 1 aliphatic rings. The van der Waals surface area contributed by atoms with Gasteiger partial charge in [0.15, 0.2) is 0 Å². The van der Waals surface area contributed by atoms with Crippen LogP contribution in [0.25, 0.3) is 12.2 Å². The third kappa shape index (κ3) is 3.34. The van der Waals surface area contributed by atoms with Crippen molar-refractivity contribution in [1.29, 1.82) is 0 Å². The van der Waals surface area contributed by atoms with Gasteiger partial charge in [-0.3, -0.25) is 4.90 Å². The highest BCUT2D eigenvalue weighted by Crippen LogP contribution is 2.34. The van der Waals surface area contributed by atoms with Crippen LogP contribution < -0.4 is 0 Å². The predicted octanol–water partition coefficient (Wildman–Crippen LogP) is 5.09. The summed E-state index contributed by atoms with van der Waals surface area (Å²) >= 11 is 6.05. The summed E-state index contributed by atoms with van der Waals surface area (Å²) < 4.78 is 0. The summed E-state index contributed by atoms with van der Waals surface area (Å²) in [6, 6.07) is 4.53. The highest BCUT2D eigenvalue weighted by molar-refractivity contribution is 6.31. The summed E-state index contributed by atoms with van der Waals surface area (Å²) in [6.07, 6.45) is 4.99. The SMILES string of the molecule is C=Cc1cc(CC)c(CN2CC2(C)C)cc1/C=C(\C)Cl. The highest BCUT2D eigenvalue weighted by Gasteiger charge is 2.42. The number of halogens is 1. The summed E-state index contributed by atoms with van der Waals surface area (Å²) in [4.78, 5) is 2.50. The second-order valence-corrected chi connectivity index (χ2v) is 6.80. The molecule has 0 N–H and O–H groups in total. The molecule has 1 aromatic carbocycles. The van der Waals surface area contributed by atoms with Crippen LogP contribution in [0.1, 0.15) is 49.9 Å². The van der Waals surface area contributed by atoms with Gasteiger partial charge in [0.2, 0.25) is 0 Å². The van der Waals surface area contributed by atoms with Crippen molar-refractivity contribution < 1.29 is 0 Å². The quantitative estimate of drug-likeness (QED) is 0.683. The van der Waals surface area contributed by atoms with Crippen LogP contribution in [-0.2, 0) is 13.0 Å². The van der Waals surface area contributed by atoms with Crippen molar-refractivity contribution in [3.8, 4) is 0 Å². The molecule has 1 unspecified atom stereocenters. The molecule has 1 heterocycles. The zero-order chi connectivity index (χ0) is 14.9.